The summed E-state index contributed by atoms with van der Waals surface area (Å²) in [5.74, 6) is 0. The predicted molar refractivity (Wildman–Crippen MR) is 82.8 cm³/mol. The van der Waals surface area contributed by atoms with Crippen molar-refractivity contribution in [1.29, 1.82) is 0 Å². The highest BCUT2D eigenvalue weighted by Gasteiger charge is 2.26. The van der Waals surface area contributed by atoms with Crippen LogP contribution in [-0.4, -0.2) is 0 Å². The molecule has 2 N–H and O–H groups in total. The van der Waals surface area contributed by atoms with Gasteiger partial charge in [-0.05, 0) is 42.2 Å². The van der Waals surface area contributed by atoms with Gasteiger partial charge in [0.05, 0.1) is 0 Å². The minimum Gasteiger partial charge on any atom is -0.321 e. The average Bonchev–Trinajstić information content (AvgIpc) is 2.44. The molecule has 2 aromatic rings. The molecule has 0 saturated heterocycles. The molecule has 0 fully saturated rings. The Morgan fingerprint density at radius 1 is 1.05 bits per heavy atom. The third kappa shape index (κ3) is 3.30. The van der Waals surface area contributed by atoms with E-state index in [1.54, 1.807) is 6.07 Å². The summed E-state index contributed by atoms with van der Waals surface area (Å²) in [6, 6.07) is 15.6. The topological polar surface area (TPSA) is 26.0 Å². The quantitative estimate of drug-likeness (QED) is 0.861. The second-order valence-corrected chi connectivity index (χ2v) is 5.63. The minimum absolute atomic E-state index is 0.421. The zero-order valence-corrected chi connectivity index (χ0v) is 12.4. The summed E-state index contributed by atoms with van der Waals surface area (Å²) < 4.78 is 0. The maximum Gasteiger partial charge on any atom is 0.0448 e. The van der Waals surface area contributed by atoms with Crippen LogP contribution in [0.5, 0.6) is 0 Å². The highest BCUT2D eigenvalue weighted by atomic mass is 35.5. The molecule has 0 spiro atoms. The Morgan fingerprint density at radius 2 is 1.74 bits per heavy atom. The lowest BCUT2D eigenvalue weighted by atomic mass is 9.82. The standard InChI is InChI=1S/C16H17Cl2N/c1-2-16(19,13-6-4-3-5-7-13)11-12-10-14(17)8-9-15(12)18/h3-10H,2,11,19H2,1H3. The molecule has 19 heavy (non-hydrogen) atoms. The van der Waals surface area contributed by atoms with E-state index in [9.17, 15) is 0 Å². The Balaban J connectivity index is 2.36. The van der Waals surface area contributed by atoms with E-state index in [-0.39, 0.29) is 0 Å². The van der Waals surface area contributed by atoms with Gasteiger partial charge in [0.1, 0.15) is 0 Å². The van der Waals surface area contributed by atoms with Crippen LogP contribution in [0, 0.1) is 0 Å². The summed E-state index contributed by atoms with van der Waals surface area (Å²) in [5.41, 5.74) is 8.25. The summed E-state index contributed by atoms with van der Waals surface area (Å²) >= 11 is 12.3. The monoisotopic (exact) mass is 293 g/mol. The largest absolute Gasteiger partial charge is 0.321 e. The first kappa shape index (κ1) is 14.4. The molecule has 3 heteroatoms. The van der Waals surface area contributed by atoms with Crippen LogP contribution in [0.1, 0.15) is 24.5 Å². The van der Waals surface area contributed by atoms with E-state index >= 15 is 0 Å². The normalized spacial score (nSPS) is 14.1. The molecular weight excluding hydrogens is 277 g/mol. The second-order valence-electron chi connectivity index (χ2n) is 4.79. The SMILES string of the molecule is CCC(N)(Cc1cc(Cl)ccc1Cl)c1ccccc1. The van der Waals surface area contributed by atoms with Crippen molar-refractivity contribution < 1.29 is 0 Å². The summed E-state index contributed by atoms with van der Waals surface area (Å²) in [7, 11) is 0. The van der Waals surface area contributed by atoms with Crippen LogP contribution in [0.3, 0.4) is 0 Å². The predicted octanol–water partition coefficient (Wildman–Crippen LogP) is 4.80. The van der Waals surface area contributed by atoms with E-state index in [0.717, 1.165) is 17.5 Å². The molecule has 0 amide bonds. The summed E-state index contributed by atoms with van der Waals surface area (Å²) in [4.78, 5) is 0. The third-order valence-corrected chi connectivity index (χ3v) is 4.10. The van der Waals surface area contributed by atoms with Crippen LogP contribution < -0.4 is 5.73 Å². The van der Waals surface area contributed by atoms with Gasteiger partial charge in [-0.3, -0.25) is 0 Å². The fraction of sp³-hybridized carbons (Fsp3) is 0.250. The molecule has 0 heterocycles. The molecule has 2 aromatic carbocycles. The van der Waals surface area contributed by atoms with Crippen LogP contribution in [-0.2, 0) is 12.0 Å². The molecule has 1 nitrogen and oxygen atoms in total. The van der Waals surface area contributed by atoms with Gasteiger partial charge < -0.3 is 5.73 Å². The molecular formula is C16H17Cl2N. The molecule has 0 saturated carbocycles. The first-order chi connectivity index (χ1) is 9.05. The van der Waals surface area contributed by atoms with E-state index in [4.69, 9.17) is 28.9 Å². The summed E-state index contributed by atoms with van der Waals surface area (Å²) in [6.45, 7) is 2.09. The van der Waals surface area contributed by atoms with Crippen LogP contribution >= 0.6 is 23.2 Å². The highest BCUT2D eigenvalue weighted by molar-refractivity contribution is 6.33. The lowest BCUT2D eigenvalue weighted by Gasteiger charge is -2.29. The highest BCUT2D eigenvalue weighted by Crippen LogP contribution is 2.30. The molecule has 100 valence electrons. The van der Waals surface area contributed by atoms with Crippen molar-refractivity contribution in [3.63, 3.8) is 0 Å². The number of halogens is 2. The van der Waals surface area contributed by atoms with E-state index in [1.165, 1.54) is 0 Å². The Bertz CT molecular complexity index is 554. The van der Waals surface area contributed by atoms with Gasteiger partial charge in [-0.1, -0.05) is 60.5 Å². The molecule has 1 atom stereocenters. The third-order valence-electron chi connectivity index (χ3n) is 3.49. The summed E-state index contributed by atoms with van der Waals surface area (Å²) in [5, 5.41) is 1.40. The van der Waals surface area contributed by atoms with Crippen molar-refractivity contribution in [1.82, 2.24) is 0 Å². The fourth-order valence-corrected chi connectivity index (χ4v) is 2.60. The number of rotatable bonds is 4. The second kappa shape index (κ2) is 5.96. The van der Waals surface area contributed by atoms with Gasteiger partial charge in [0, 0.05) is 15.6 Å². The lowest BCUT2D eigenvalue weighted by molar-refractivity contribution is 0.425. The molecule has 0 radical (unpaired) electrons. The minimum atomic E-state index is -0.421. The zero-order valence-electron chi connectivity index (χ0n) is 10.9. The number of benzene rings is 2. The maximum absolute atomic E-state index is 6.57. The molecule has 0 aromatic heterocycles. The Hall–Kier alpha value is -1.02. The van der Waals surface area contributed by atoms with E-state index < -0.39 is 5.54 Å². The van der Waals surface area contributed by atoms with E-state index in [0.29, 0.717) is 16.5 Å². The molecule has 0 aliphatic carbocycles. The van der Waals surface area contributed by atoms with E-state index in [2.05, 4.69) is 19.1 Å². The smallest absolute Gasteiger partial charge is 0.0448 e. The first-order valence-electron chi connectivity index (χ1n) is 6.33. The van der Waals surface area contributed by atoms with Crippen molar-refractivity contribution in [2.24, 2.45) is 5.73 Å². The molecule has 0 bridgehead atoms. The lowest BCUT2D eigenvalue weighted by Crippen LogP contribution is -2.38. The molecule has 0 aliphatic rings. The van der Waals surface area contributed by atoms with Crippen molar-refractivity contribution >= 4 is 23.2 Å². The Kier molecular flexibility index (Phi) is 4.51. The van der Waals surface area contributed by atoms with Gasteiger partial charge in [0.2, 0.25) is 0 Å². The van der Waals surface area contributed by atoms with E-state index in [1.807, 2.05) is 30.3 Å². The van der Waals surface area contributed by atoms with Crippen LogP contribution in [0.2, 0.25) is 10.0 Å². The van der Waals surface area contributed by atoms with Crippen molar-refractivity contribution in [3.8, 4) is 0 Å². The Labute approximate surface area is 124 Å². The first-order valence-corrected chi connectivity index (χ1v) is 7.09. The number of hydrogen-bond acceptors (Lipinski definition) is 1. The average molecular weight is 294 g/mol. The van der Waals surface area contributed by atoms with Crippen LogP contribution in [0.25, 0.3) is 0 Å². The van der Waals surface area contributed by atoms with Crippen molar-refractivity contribution in [3.05, 3.63) is 69.7 Å². The van der Waals surface area contributed by atoms with Gasteiger partial charge in [0.15, 0.2) is 0 Å². The van der Waals surface area contributed by atoms with Gasteiger partial charge in [0.25, 0.3) is 0 Å². The fourth-order valence-electron chi connectivity index (χ4n) is 2.22. The zero-order chi connectivity index (χ0) is 13.9. The number of nitrogens with two attached hydrogens (primary N) is 1. The van der Waals surface area contributed by atoms with Gasteiger partial charge in [-0.25, -0.2) is 0 Å². The van der Waals surface area contributed by atoms with Crippen LogP contribution in [0.4, 0.5) is 0 Å². The number of hydrogen-bond donors (Lipinski definition) is 1. The van der Waals surface area contributed by atoms with Crippen LogP contribution in [0.15, 0.2) is 48.5 Å². The molecule has 1 unspecified atom stereocenters. The van der Waals surface area contributed by atoms with Gasteiger partial charge >= 0.3 is 0 Å². The summed E-state index contributed by atoms with van der Waals surface area (Å²) in [6.07, 6.45) is 1.51. The molecule has 2 rings (SSSR count). The Morgan fingerprint density at radius 3 is 2.37 bits per heavy atom. The molecule has 0 aliphatic heterocycles. The maximum atomic E-state index is 6.57. The van der Waals surface area contributed by atoms with Crippen molar-refractivity contribution in [2.45, 2.75) is 25.3 Å². The van der Waals surface area contributed by atoms with Crippen molar-refractivity contribution in [2.75, 3.05) is 0 Å². The van der Waals surface area contributed by atoms with Gasteiger partial charge in [-0.2, -0.15) is 0 Å². The van der Waals surface area contributed by atoms with Gasteiger partial charge in [-0.15, -0.1) is 0 Å².